The van der Waals surface area contributed by atoms with E-state index in [-0.39, 0.29) is 6.61 Å². The minimum atomic E-state index is -0.535. The SMILES string of the molecule is NC(=O)C1COCCN1c1cc(Br)ccc1C=O. The average Bonchev–Trinajstić information content (AvgIpc) is 2.38. The predicted octanol–water partition coefficient (Wildman–Crippen LogP) is 0.952. The van der Waals surface area contributed by atoms with E-state index in [9.17, 15) is 9.59 Å². The van der Waals surface area contributed by atoms with Crippen molar-refractivity contribution in [3.05, 3.63) is 28.2 Å². The molecule has 0 saturated carbocycles. The van der Waals surface area contributed by atoms with Crippen LogP contribution in [0.5, 0.6) is 0 Å². The summed E-state index contributed by atoms with van der Waals surface area (Å²) in [6, 6.07) is 4.77. The van der Waals surface area contributed by atoms with Gasteiger partial charge in [0.2, 0.25) is 5.91 Å². The first kappa shape index (κ1) is 13.0. The summed E-state index contributed by atoms with van der Waals surface area (Å²) in [5, 5.41) is 0. The standard InChI is InChI=1S/C12H13BrN2O3/c13-9-2-1-8(6-16)10(5-9)15-3-4-18-7-11(15)12(14)17/h1-2,5-6,11H,3-4,7H2,(H2,14,17). The molecule has 0 bridgehead atoms. The first-order valence-corrected chi connectivity index (χ1v) is 6.31. The van der Waals surface area contributed by atoms with Gasteiger partial charge in [0.05, 0.1) is 13.2 Å². The monoisotopic (exact) mass is 312 g/mol. The Morgan fingerprint density at radius 2 is 2.33 bits per heavy atom. The summed E-state index contributed by atoms with van der Waals surface area (Å²) in [4.78, 5) is 24.3. The van der Waals surface area contributed by atoms with Gasteiger partial charge >= 0.3 is 0 Å². The van der Waals surface area contributed by atoms with Gasteiger partial charge in [-0.3, -0.25) is 9.59 Å². The van der Waals surface area contributed by atoms with E-state index in [1.54, 1.807) is 12.1 Å². The lowest BCUT2D eigenvalue weighted by Gasteiger charge is -2.36. The van der Waals surface area contributed by atoms with Crippen molar-refractivity contribution in [3.63, 3.8) is 0 Å². The van der Waals surface area contributed by atoms with Crippen LogP contribution in [-0.4, -0.2) is 38.0 Å². The molecule has 1 unspecified atom stereocenters. The maximum Gasteiger partial charge on any atom is 0.242 e. The largest absolute Gasteiger partial charge is 0.377 e. The highest BCUT2D eigenvalue weighted by Gasteiger charge is 2.29. The zero-order valence-electron chi connectivity index (χ0n) is 9.64. The Morgan fingerprint density at radius 1 is 1.56 bits per heavy atom. The second-order valence-electron chi connectivity index (χ2n) is 4.01. The molecule has 1 atom stereocenters. The maximum absolute atomic E-state index is 11.4. The van der Waals surface area contributed by atoms with E-state index < -0.39 is 11.9 Å². The number of nitrogens with zero attached hydrogens (tertiary/aromatic N) is 1. The van der Waals surface area contributed by atoms with Gasteiger partial charge in [-0.05, 0) is 18.2 Å². The van der Waals surface area contributed by atoms with Crippen molar-refractivity contribution in [3.8, 4) is 0 Å². The molecule has 2 N–H and O–H groups in total. The minimum Gasteiger partial charge on any atom is -0.377 e. The number of hydrogen-bond acceptors (Lipinski definition) is 4. The Hall–Kier alpha value is -1.40. The summed E-state index contributed by atoms with van der Waals surface area (Å²) >= 11 is 3.36. The lowest BCUT2D eigenvalue weighted by molar-refractivity contribution is -0.121. The Bertz CT molecular complexity index is 478. The molecule has 1 heterocycles. The molecule has 6 heteroatoms. The molecule has 2 rings (SSSR count). The van der Waals surface area contributed by atoms with Crippen molar-refractivity contribution >= 4 is 33.8 Å². The van der Waals surface area contributed by atoms with Crippen molar-refractivity contribution in [2.45, 2.75) is 6.04 Å². The number of rotatable bonds is 3. The molecular weight excluding hydrogens is 300 g/mol. The molecule has 1 aromatic carbocycles. The number of benzene rings is 1. The van der Waals surface area contributed by atoms with E-state index in [0.717, 1.165) is 10.8 Å². The van der Waals surface area contributed by atoms with Crippen molar-refractivity contribution in [2.75, 3.05) is 24.7 Å². The van der Waals surface area contributed by atoms with Crippen LogP contribution in [0.2, 0.25) is 0 Å². The zero-order valence-corrected chi connectivity index (χ0v) is 11.2. The van der Waals surface area contributed by atoms with Gasteiger partial charge in [0.25, 0.3) is 0 Å². The van der Waals surface area contributed by atoms with E-state index in [2.05, 4.69) is 15.9 Å². The lowest BCUT2D eigenvalue weighted by Crippen LogP contribution is -2.53. The molecule has 0 spiro atoms. The molecule has 1 aromatic rings. The van der Waals surface area contributed by atoms with Crippen molar-refractivity contribution in [1.82, 2.24) is 0 Å². The maximum atomic E-state index is 11.4. The molecule has 1 saturated heterocycles. The fourth-order valence-corrected chi connectivity index (χ4v) is 2.34. The number of nitrogens with two attached hydrogens (primary N) is 1. The number of ether oxygens (including phenoxy) is 1. The number of anilines is 1. The summed E-state index contributed by atoms with van der Waals surface area (Å²) in [5.41, 5.74) is 6.60. The van der Waals surface area contributed by atoms with E-state index in [4.69, 9.17) is 10.5 Å². The van der Waals surface area contributed by atoms with Gasteiger partial charge in [-0.15, -0.1) is 0 Å². The molecule has 0 aromatic heterocycles. The fourth-order valence-electron chi connectivity index (χ4n) is 1.99. The molecular formula is C12H13BrN2O3. The van der Waals surface area contributed by atoms with Gasteiger partial charge in [0.1, 0.15) is 6.04 Å². The van der Waals surface area contributed by atoms with Gasteiger partial charge in [-0.25, -0.2) is 0 Å². The zero-order chi connectivity index (χ0) is 13.1. The summed E-state index contributed by atoms with van der Waals surface area (Å²) in [6.45, 7) is 1.29. The molecule has 96 valence electrons. The van der Waals surface area contributed by atoms with Crippen LogP contribution in [0, 0.1) is 0 Å². The van der Waals surface area contributed by atoms with Crippen molar-refractivity contribution in [2.24, 2.45) is 5.73 Å². The van der Waals surface area contributed by atoms with E-state index in [1.807, 2.05) is 11.0 Å². The van der Waals surface area contributed by atoms with Crippen LogP contribution in [0.15, 0.2) is 22.7 Å². The number of halogens is 1. The molecule has 1 fully saturated rings. The van der Waals surface area contributed by atoms with Gasteiger partial charge < -0.3 is 15.4 Å². The normalized spacial score (nSPS) is 19.6. The van der Waals surface area contributed by atoms with E-state index in [0.29, 0.717) is 24.4 Å². The predicted molar refractivity (Wildman–Crippen MR) is 70.7 cm³/mol. The van der Waals surface area contributed by atoms with Crippen molar-refractivity contribution in [1.29, 1.82) is 0 Å². The average molecular weight is 313 g/mol. The summed E-state index contributed by atoms with van der Waals surface area (Å²) in [5.74, 6) is -0.452. The third-order valence-corrected chi connectivity index (χ3v) is 3.38. The van der Waals surface area contributed by atoms with Crippen LogP contribution in [-0.2, 0) is 9.53 Å². The Labute approximate surface area is 113 Å². The smallest absolute Gasteiger partial charge is 0.242 e. The number of morpholine rings is 1. The van der Waals surface area contributed by atoms with Crippen LogP contribution in [0.1, 0.15) is 10.4 Å². The molecule has 5 nitrogen and oxygen atoms in total. The molecule has 1 amide bonds. The Kier molecular flexibility index (Phi) is 3.98. The number of amides is 1. The molecule has 0 radical (unpaired) electrons. The molecule has 1 aliphatic rings. The highest BCUT2D eigenvalue weighted by Crippen LogP contribution is 2.27. The fraction of sp³-hybridized carbons (Fsp3) is 0.333. The van der Waals surface area contributed by atoms with Gasteiger partial charge in [-0.2, -0.15) is 0 Å². The second-order valence-corrected chi connectivity index (χ2v) is 4.92. The van der Waals surface area contributed by atoms with Crippen LogP contribution >= 0.6 is 15.9 Å². The third kappa shape index (κ3) is 2.54. The van der Waals surface area contributed by atoms with Crippen LogP contribution in [0.3, 0.4) is 0 Å². The van der Waals surface area contributed by atoms with Crippen LogP contribution in [0.4, 0.5) is 5.69 Å². The number of carbonyl (C=O) groups excluding carboxylic acids is 2. The highest BCUT2D eigenvalue weighted by atomic mass is 79.9. The molecule has 0 aliphatic carbocycles. The van der Waals surface area contributed by atoms with E-state index >= 15 is 0 Å². The Balaban J connectivity index is 2.41. The summed E-state index contributed by atoms with van der Waals surface area (Å²) < 4.78 is 6.10. The van der Waals surface area contributed by atoms with Crippen molar-refractivity contribution < 1.29 is 14.3 Å². The summed E-state index contributed by atoms with van der Waals surface area (Å²) in [7, 11) is 0. The number of hydrogen-bond donors (Lipinski definition) is 1. The molecule has 1 aliphatic heterocycles. The number of carbonyl (C=O) groups is 2. The Morgan fingerprint density at radius 3 is 3.00 bits per heavy atom. The highest BCUT2D eigenvalue weighted by molar-refractivity contribution is 9.10. The van der Waals surface area contributed by atoms with Gasteiger partial charge in [0, 0.05) is 22.3 Å². The first-order chi connectivity index (χ1) is 8.63. The topological polar surface area (TPSA) is 72.6 Å². The number of primary amides is 1. The summed E-state index contributed by atoms with van der Waals surface area (Å²) in [6.07, 6.45) is 0.773. The molecule has 18 heavy (non-hydrogen) atoms. The van der Waals surface area contributed by atoms with Gasteiger partial charge in [0.15, 0.2) is 6.29 Å². The lowest BCUT2D eigenvalue weighted by atomic mass is 10.1. The van der Waals surface area contributed by atoms with E-state index in [1.165, 1.54) is 0 Å². The first-order valence-electron chi connectivity index (χ1n) is 5.52. The number of aldehydes is 1. The van der Waals surface area contributed by atoms with Gasteiger partial charge in [-0.1, -0.05) is 15.9 Å². The van der Waals surface area contributed by atoms with Crippen LogP contribution < -0.4 is 10.6 Å². The van der Waals surface area contributed by atoms with Crippen LogP contribution in [0.25, 0.3) is 0 Å². The quantitative estimate of drug-likeness (QED) is 0.844. The second kappa shape index (κ2) is 5.49. The minimum absolute atomic E-state index is 0.250. The third-order valence-electron chi connectivity index (χ3n) is 2.89.